The van der Waals surface area contributed by atoms with Gasteiger partial charge in [-0.3, -0.25) is 0 Å². The molecule has 5 nitrogen and oxygen atoms in total. The van der Waals surface area contributed by atoms with Gasteiger partial charge in [0, 0.05) is 25.1 Å². The third kappa shape index (κ3) is 3.09. The van der Waals surface area contributed by atoms with E-state index in [1.54, 1.807) is 7.11 Å². The summed E-state index contributed by atoms with van der Waals surface area (Å²) in [5.74, 6) is 1.24. The molecule has 130 valence electrons. The van der Waals surface area contributed by atoms with E-state index in [0.29, 0.717) is 12.0 Å². The third-order valence-electron chi connectivity index (χ3n) is 5.42. The number of nitrogens with zero attached hydrogens (tertiary/aromatic N) is 1. The van der Waals surface area contributed by atoms with Gasteiger partial charge in [0.15, 0.2) is 0 Å². The first-order valence-corrected chi connectivity index (χ1v) is 9.10. The van der Waals surface area contributed by atoms with E-state index in [0.717, 1.165) is 69.7 Å². The summed E-state index contributed by atoms with van der Waals surface area (Å²) in [5, 5.41) is 3.18. The summed E-state index contributed by atoms with van der Waals surface area (Å²) in [7, 11) is 1.67. The molecule has 5 heteroatoms. The van der Waals surface area contributed by atoms with Gasteiger partial charge in [0.25, 0.3) is 0 Å². The molecule has 1 N–H and O–H groups in total. The molecule has 1 aliphatic heterocycles. The molecule has 0 bridgehead atoms. The van der Waals surface area contributed by atoms with Crippen LogP contribution in [0, 0.1) is 5.92 Å². The fourth-order valence-corrected chi connectivity index (χ4v) is 3.92. The van der Waals surface area contributed by atoms with E-state index in [-0.39, 0.29) is 6.03 Å². The topological polar surface area (TPSA) is 50.8 Å². The van der Waals surface area contributed by atoms with Crippen molar-refractivity contribution in [3.05, 3.63) is 23.3 Å². The standard InChI is InChI=1S/C19H26N2O3/c1-23-17-8-5-14-3-2-4-16(14)18(17)20-19(22)21(15-6-7-15)11-13-9-10-24-12-13/h5,8,13,15H,2-4,6-7,9-12H2,1H3,(H,20,22)/t13-/m1/s1. The number of anilines is 1. The van der Waals surface area contributed by atoms with Crippen LogP contribution in [0.3, 0.4) is 0 Å². The number of hydrogen-bond acceptors (Lipinski definition) is 3. The van der Waals surface area contributed by atoms with E-state index in [1.165, 1.54) is 11.1 Å². The van der Waals surface area contributed by atoms with Crippen LogP contribution < -0.4 is 10.1 Å². The van der Waals surface area contributed by atoms with Crippen molar-refractivity contribution in [2.24, 2.45) is 5.92 Å². The van der Waals surface area contributed by atoms with Crippen molar-refractivity contribution in [1.29, 1.82) is 0 Å². The number of hydrogen-bond donors (Lipinski definition) is 1. The van der Waals surface area contributed by atoms with Gasteiger partial charge in [0.05, 0.1) is 19.4 Å². The number of methoxy groups -OCH3 is 1. The lowest BCUT2D eigenvalue weighted by Gasteiger charge is -2.26. The van der Waals surface area contributed by atoms with Gasteiger partial charge >= 0.3 is 6.03 Å². The molecule has 0 unspecified atom stereocenters. The molecule has 1 saturated carbocycles. The van der Waals surface area contributed by atoms with Gasteiger partial charge in [0.2, 0.25) is 0 Å². The Balaban J connectivity index is 1.53. The quantitative estimate of drug-likeness (QED) is 0.902. The number of rotatable bonds is 5. The highest BCUT2D eigenvalue weighted by atomic mass is 16.5. The van der Waals surface area contributed by atoms with Crippen molar-refractivity contribution >= 4 is 11.7 Å². The SMILES string of the molecule is COc1ccc2c(c1NC(=O)N(C[C@H]1CCOC1)C1CC1)CCC2. The lowest BCUT2D eigenvalue weighted by Crippen LogP contribution is -2.40. The predicted octanol–water partition coefficient (Wildman–Crippen LogP) is 3.22. The lowest BCUT2D eigenvalue weighted by molar-refractivity contribution is 0.167. The largest absolute Gasteiger partial charge is 0.495 e. The number of benzene rings is 1. The number of fused-ring (bicyclic) bond motifs is 1. The first-order chi connectivity index (χ1) is 11.8. The predicted molar refractivity (Wildman–Crippen MR) is 92.7 cm³/mol. The van der Waals surface area contributed by atoms with Crippen LogP contribution in [0.5, 0.6) is 5.75 Å². The zero-order chi connectivity index (χ0) is 16.5. The normalized spacial score (nSPS) is 22.3. The molecule has 2 fully saturated rings. The van der Waals surface area contributed by atoms with E-state index in [9.17, 15) is 4.79 Å². The Morgan fingerprint density at radius 3 is 2.92 bits per heavy atom. The fourth-order valence-electron chi connectivity index (χ4n) is 3.92. The van der Waals surface area contributed by atoms with E-state index in [4.69, 9.17) is 9.47 Å². The molecule has 1 aromatic carbocycles. The van der Waals surface area contributed by atoms with E-state index < -0.39 is 0 Å². The van der Waals surface area contributed by atoms with Crippen molar-refractivity contribution in [3.8, 4) is 5.75 Å². The Hall–Kier alpha value is -1.75. The molecular weight excluding hydrogens is 304 g/mol. The van der Waals surface area contributed by atoms with Gasteiger partial charge in [-0.2, -0.15) is 0 Å². The Morgan fingerprint density at radius 1 is 1.33 bits per heavy atom. The van der Waals surface area contributed by atoms with Gasteiger partial charge in [-0.05, 0) is 55.7 Å². The van der Waals surface area contributed by atoms with Crippen molar-refractivity contribution in [3.63, 3.8) is 0 Å². The average molecular weight is 330 g/mol. The van der Waals surface area contributed by atoms with Crippen molar-refractivity contribution in [1.82, 2.24) is 4.90 Å². The molecule has 0 aromatic heterocycles. The number of ether oxygens (including phenoxy) is 2. The molecule has 3 aliphatic rings. The van der Waals surface area contributed by atoms with E-state index in [2.05, 4.69) is 11.4 Å². The first-order valence-electron chi connectivity index (χ1n) is 9.10. The van der Waals surface area contributed by atoms with Crippen LogP contribution in [0.4, 0.5) is 10.5 Å². The van der Waals surface area contributed by atoms with Gasteiger partial charge in [0.1, 0.15) is 5.75 Å². The van der Waals surface area contributed by atoms with Crippen molar-refractivity contribution in [2.45, 2.75) is 44.6 Å². The number of nitrogens with one attached hydrogen (secondary N) is 1. The molecule has 24 heavy (non-hydrogen) atoms. The van der Waals surface area contributed by atoms with Gasteiger partial charge in [-0.15, -0.1) is 0 Å². The maximum absolute atomic E-state index is 13.0. The summed E-state index contributed by atoms with van der Waals surface area (Å²) in [6, 6.07) is 4.52. The fraction of sp³-hybridized carbons (Fsp3) is 0.632. The maximum Gasteiger partial charge on any atom is 0.322 e. The van der Waals surface area contributed by atoms with Crippen molar-refractivity contribution < 1.29 is 14.3 Å². The monoisotopic (exact) mass is 330 g/mol. The molecule has 1 heterocycles. The van der Waals surface area contributed by atoms with Gasteiger partial charge in [-0.25, -0.2) is 4.79 Å². The summed E-state index contributed by atoms with van der Waals surface area (Å²) < 4.78 is 11.0. The van der Waals surface area contributed by atoms with Crippen LogP contribution in [0.2, 0.25) is 0 Å². The Labute approximate surface area is 143 Å². The van der Waals surface area contributed by atoms with Crippen molar-refractivity contribution in [2.75, 3.05) is 32.2 Å². The highest BCUT2D eigenvalue weighted by Crippen LogP contribution is 2.37. The van der Waals surface area contributed by atoms with Crippen LogP contribution in [-0.4, -0.2) is 43.8 Å². The van der Waals surface area contributed by atoms with Crippen LogP contribution in [-0.2, 0) is 17.6 Å². The van der Waals surface area contributed by atoms with Crippen LogP contribution in [0.15, 0.2) is 12.1 Å². The Morgan fingerprint density at radius 2 is 2.21 bits per heavy atom. The van der Waals surface area contributed by atoms with Gasteiger partial charge in [-0.1, -0.05) is 6.07 Å². The second-order valence-corrected chi connectivity index (χ2v) is 7.18. The molecule has 0 spiro atoms. The highest BCUT2D eigenvalue weighted by Gasteiger charge is 2.35. The molecular formula is C19H26N2O3. The number of aryl methyl sites for hydroxylation is 1. The average Bonchev–Trinajstić information content (AvgIpc) is 3.10. The second kappa shape index (κ2) is 6.63. The van der Waals surface area contributed by atoms with Gasteiger partial charge < -0.3 is 19.7 Å². The zero-order valence-corrected chi connectivity index (χ0v) is 14.3. The summed E-state index contributed by atoms with van der Waals surface area (Å²) in [4.78, 5) is 15.0. The molecule has 2 aliphatic carbocycles. The molecule has 2 amide bonds. The molecule has 1 saturated heterocycles. The third-order valence-corrected chi connectivity index (χ3v) is 5.42. The minimum Gasteiger partial charge on any atom is -0.495 e. The second-order valence-electron chi connectivity index (χ2n) is 7.18. The van der Waals surface area contributed by atoms with Crippen LogP contribution in [0.25, 0.3) is 0 Å². The minimum atomic E-state index is 0.0167. The Kier molecular flexibility index (Phi) is 4.35. The zero-order valence-electron chi connectivity index (χ0n) is 14.3. The molecule has 0 radical (unpaired) electrons. The summed E-state index contributed by atoms with van der Waals surface area (Å²) in [6.45, 7) is 2.40. The lowest BCUT2D eigenvalue weighted by atomic mass is 10.1. The van der Waals surface area contributed by atoms with Crippen LogP contribution in [0.1, 0.15) is 36.8 Å². The van der Waals surface area contributed by atoms with Crippen LogP contribution >= 0.6 is 0 Å². The molecule has 1 aromatic rings. The highest BCUT2D eigenvalue weighted by molar-refractivity contribution is 5.93. The number of urea groups is 1. The number of amides is 2. The summed E-state index contributed by atoms with van der Waals surface area (Å²) >= 11 is 0. The summed E-state index contributed by atoms with van der Waals surface area (Å²) in [6.07, 6.45) is 6.55. The minimum absolute atomic E-state index is 0.0167. The molecule has 4 rings (SSSR count). The number of carbonyl (C=O) groups is 1. The molecule has 1 atom stereocenters. The summed E-state index contributed by atoms with van der Waals surface area (Å²) in [5.41, 5.74) is 3.47. The van der Waals surface area contributed by atoms with E-state index >= 15 is 0 Å². The Bertz CT molecular complexity index is 621. The first kappa shape index (κ1) is 15.8. The smallest absolute Gasteiger partial charge is 0.322 e. The van der Waals surface area contributed by atoms with E-state index in [1.807, 2.05) is 11.0 Å². The maximum atomic E-state index is 13.0. The number of carbonyl (C=O) groups excluding carboxylic acids is 1.